The molecule has 0 fully saturated rings. The molecule has 12 nitrogen and oxygen atoms in total. The molecule has 42 heavy (non-hydrogen) atoms. The molecule has 0 saturated carbocycles. The van der Waals surface area contributed by atoms with E-state index in [2.05, 4.69) is 10.4 Å². The van der Waals surface area contributed by atoms with Crippen LogP contribution in [-0.4, -0.2) is 65.4 Å². The molecular weight excluding hydrogens is 596 g/mol. The van der Waals surface area contributed by atoms with Crippen LogP contribution in [0.2, 0.25) is 0 Å². The summed E-state index contributed by atoms with van der Waals surface area (Å²) < 4.78 is 92.4. The molecule has 0 aliphatic rings. The number of carbonyl (C=O) groups is 2. The summed E-state index contributed by atoms with van der Waals surface area (Å²) in [6.45, 7) is 1.58. The van der Waals surface area contributed by atoms with Gasteiger partial charge < -0.3 is 20.5 Å². The lowest BCUT2D eigenvalue weighted by Gasteiger charge is -2.07. The fraction of sp³-hybridized carbons (Fsp3) is 0.273. The molecule has 0 amide bonds. The van der Waals surface area contributed by atoms with E-state index in [4.69, 9.17) is 25.5 Å². The van der Waals surface area contributed by atoms with Gasteiger partial charge >= 0.3 is 30.0 Å². The number of hydrogen-bond acceptors (Lipinski definition) is 7. The Balaban J connectivity index is 0.000000522. The third kappa shape index (κ3) is 10.3. The van der Waals surface area contributed by atoms with Crippen molar-refractivity contribution in [3.8, 4) is 16.8 Å². The molecule has 2 aromatic heterocycles. The van der Waals surface area contributed by atoms with Crippen LogP contribution in [0.4, 0.5) is 35.1 Å². The number of nitrogens with zero attached hydrogens (tertiary/aromatic N) is 5. The van der Waals surface area contributed by atoms with Gasteiger partial charge in [-0.05, 0) is 46.7 Å². The quantitative estimate of drug-likeness (QED) is 0.352. The average molecular weight is 616 g/mol. The van der Waals surface area contributed by atoms with Crippen LogP contribution in [0.5, 0.6) is 0 Å². The van der Waals surface area contributed by atoms with E-state index in [1.807, 2.05) is 13.0 Å². The van der Waals surface area contributed by atoms with E-state index in [0.717, 1.165) is 20.5 Å². The Bertz CT molecular complexity index is 1510. The number of halogens is 8. The van der Waals surface area contributed by atoms with E-state index >= 15 is 0 Å². The maximum atomic E-state index is 12.8. The number of aromatic nitrogens is 5. The first-order valence-corrected chi connectivity index (χ1v) is 11.0. The highest BCUT2D eigenvalue weighted by molar-refractivity contribution is 5.73. The van der Waals surface area contributed by atoms with Crippen LogP contribution in [0.15, 0.2) is 63.8 Å². The molecule has 20 heteroatoms. The number of hydrogen-bond donors (Lipinski definition) is 3. The molecule has 0 radical (unpaired) electrons. The van der Waals surface area contributed by atoms with Gasteiger partial charge in [0.05, 0.1) is 12.2 Å². The van der Waals surface area contributed by atoms with Crippen molar-refractivity contribution in [2.75, 3.05) is 6.54 Å². The van der Waals surface area contributed by atoms with E-state index < -0.39 is 42.6 Å². The van der Waals surface area contributed by atoms with Gasteiger partial charge in [-0.1, -0.05) is 12.1 Å². The summed E-state index contributed by atoms with van der Waals surface area (Å²) in [5.41, 5.74) is 6.09. The normalized spacial score (nSPS) is 11.0. The van der Waals surface area contributed by atoms with E-state index in [0.29, 0.717) is 12.2 Å². The molecule has 0 bridgehead atoms. The van der Waals surface area contributed by atoms with Crippen LogP contribution in [-0.2, 0) is 22.7 Å². The molecule has 4 N–H and O–H groups in total. The lowest BCUT2D eigenvalue weighted by Crippen LogP contribution is -2.26. The number of nitrogens with two attached hydrogens (primary N) is 1. The number of pyridine rings is 1. The van der Waals surface area contributed by atoms with E-state index in [1.54, 1.807) is 35.0 Å². The van der Waals surface area contributed by atoms with Gasteiger partial charge in [0.25, 0.3) is 11.6 Å². The zero-order chi connectivity index (χ0) is 32.4. The van der Waals surface area contributed by atoms with Crippen molar-refractivity contribution in [1.29, 1.82) is 0 Å². The Morgan fingerprint density at radius 3 is 1.90 bits per heavy atom. The van der Waals surface area contributed by atoms with Gasteiger partial charge in [0, 0.05) is 30.9 Å². The number of aliphatic carboxylic acids is 2. The predicted octanol–water partition coefficient (Wildman–Crippen LogP) is 2.65. The van der Waals surface area contributed by atoms with Crippen LogP contribution in [0.3, 0.4) is 0 Å². The van der Waals surface area contributed by atoms with Gasteiger partial charge in [0.2, 0.25) is 0 Å². The van der Waals surface area contributed by atoms with Crippen LogP contribution < -0.4 is 17.0 Å². The second kappa shape index (κ2) is 14.7. The van der Waals surface area contributed by atoms with Crippen LogP contribution in [0.25, 0.3) is 16.8 Å². The smallest absolute Gasteiger partial charge is 0.475 e. The van der Waals surface area contributed by atoms with Crippen LogP contribution in [0, 0.1) is 0 Å². The Kier molecular flexibility index (Phi) is 12.3. The molecule has 0 aliphatic carbocycles. The van der Waals surface area contributed by atoms with Gasteiger partial charge in [-0.15, -0.1) is 0 Å². The van der Waals surface area contributed by atoms with Gasteiger partial charge in [-0.25, -0.2) is 14.4 Å². The predicted molar refractivity (Wildman–Crippen MR) is 127 cm³/mol. The van der Waals surface area contributed by atoms with E-state index in [1.165, 1.54) is 6.07 Å². The lowest BCUT2D eigenvalue weighted by atomic mass is 10.1. The number of alkyl halides is 6. The summed E-state index contributed by atoms with van der Waals surface area (Å²) in [5, 5.41) is 21.7. The molecule has 0 unspecified atom stereocenters. The highest BCUT2D eigenvalue weighted by Crippen LogP contribution is 2.20. The zero-order valence-electron chi connectivity index (χ0n) is 21.0. The van der Waals surface area contributed by atoms with Crippen molar-refractivity contribution in [2.24, 2.45) is 5.73 Å². The minimum Gasteiger partial charge on any atom is -0.475 e. The highest BCUT2D eigenvalue weighted by atomic mass is 19.4. The molecule has 1 aromatic carbocycles. The van der Waals surface area contributed by atoms with Crippen molar-refractivity contribution in [1.82, 2.24) is 24.4 Å². The minimum atomic E-state index is -5.08. The summed E-state index contributed by atoms with van der Waals surface area (Å²) in [4.78, 5) is 42.0. The molecule has 2 heterocycles. The first-order valence-electron chi connectivity index (χ1n) is 11.0. The first-order chi connectivity index (χ1) is 19.3. The topological polar surface area (TPSA) is 175 Å². The van der Waals surface area contributed by atoms with Gasteiger partial charge in [-0.3, -0.25) is 4.79 Å². The van der Waals surface area contributed by atoms with Crippen molar-refractivity contribution in [3.05, 3.63) is 75.1 Å². The van der Waals surface area contributed by atoms with E-state index in [-0.39, 0.29) is 17.7 Å². The molecule has 3 rings (SSSR count). The van der Waals surface area contributed by atoms with Crippen LogP contribution in [0.1, 0.15) is 6.92 Å². The van der Waals surface area contributed by atoms with E-state index in [9.17, 15) is 44.7 Å². The standard InChI is InChI=1S/C18H18F2N6O2.2C2HF3O2/c1-2-24-10-13(6-7-16(24)27)12-4-3-5-15(8-12)26-18(28)25(22-23-26)11-14(9-21)17(19)20;2*3-2(4,5)1(6)7/h3-8,10H,2,9,11,21H2,1H3;2*(H,6,7). The fourth-order valence-corrected chi connectivity index (χ4v) is 2.68. The summed E-state index contributed by atoms with van der Waals surface area (Å²) in [7, 11) is 0. The Morgan fingerprint density at radius 2 is 1.45 bits per heavy atom. The molecule has 3 aromatic rings. The van der Waals surface area contributed by atoms with Crippen molar-refractivity contribution >= 4 is 11.9 Å². The maximum absolute atomic E-state index is 12.8. The number of carboxylic acid groups (broad SMARTS) is 2. The Morgan fingerprint density at radius 1 is 0.905 bits per heavy atom. The summed E-state index contributed by atoms with van der Waals surface area (Å²) in [6.07, 6.45) is -10.4. The number of carboxylic acids is 2. The monoisotopic (exact) mass is 616 g/mol. The fourth-order valence-electron chi connectivity index (χ4n) is 2.68. The molecule has 0 spiro atoms. The lowest BCUT2D eigenvalue weighted by molar-refractivity contribution is -0.193. The minimum absolute atomic E-state index is 0.106. The second-order valence-corrected chi connectivity index (χ2v) is 7.60. The number of tetrazole rings is 1. The average Bonchev–Trinajstić information content (AvgIpc) is 3.26. The molecule has 0 atom stereocenters. The van der Waals surface area contributed by atoms with Crippen molar-refractivity contribution in [3.63, 3.8) is 0 Å². The Hall–Kier alpha value is -4.88. The van der Waals surface area contributed by atoms with Crippen molar-refractivity contribution < 1.29 is 54.9 Å². The van der Waals surface area contributed by atoms with Gasteiger partial charge in [-0.2, -0.15) is 44.5 Å². The highest BCUT2D eigenvalue weighted by Gasteiger charge is 2.38. The second-order valence-electron chi connectivity index (χ2n) is 7.60. The molecule has 230 valence electrons. The summed E-state index contributed by atoms with van der Waals surface area (Å²) in [5.74, 6) is -5.51. The number of aryl methyl sites for hydroxylation is 1. The third-order valence-electron chi connectivity index (χ3n) is 4.73. The third-order valence-corrected chi connectivity index (χ3v) is 4.73. The number of rotatable bonds is 6. The maximum Gasteiger partial charge on any atom is 0.490 e. The van der Waals surface area contributed by atoms with Gasteiger partial charge in [0.15, 0.2) is 0 Å². The SMILES string of the molecule is CCn1cc(-c2cccc(-n3nnn(CC(CN)=C(F)F)c3=O)c2)ccc1=O.O=C(O)C(F)(F)F.O=C(O)C(F)(F)F. The molecule has 0 aliphatic heterocycles. The van der Waals surface area contributed by atoms with Crippen molar-refractivity contribution in [2.45, 2.75) is 32.4 Å². The summed E-state index contributed by atoms with van der Waals surface area (Å²) >= 11 is 0. The summed E-state index contributed by atoms with van der Waals surface area (Å²) in [6, 6.07) is 10.1. The van der Waals surface area contributed by atoms with Crippen LogP contribution >= 0.6 is 0 Å². The molecule has 0 saturated heterocycles. The Labute approximate surface area is 228 Å². The largest absolute Gasteiger partial charge is 0.490 e. The first kappa shape index (κ1) is 35.1. The molecular formula is C22H20F8N6O6. The van der Waals surface area contributed by atoms with Gasteiger partial charge in [0.1, 0.15) is 0 Å². The zero-order valence-corrected chi connectivity index (χ0v) is 21.0. The number of benzene rings is 1.